The van der Waals surface area contributed by atoms with Crippen molar-refractivity contribution in [1.29, 1.82) is 0 Å². The highest BCUT2D eigenvalue weighted by Gasteiger charge is 2.12. The molecule has 2 aromatic carbocycles. The van der Waals surface area contributed by atoms with Crippen LogP contribution in [0.4, 0.5) is 4.79 Å². The molecule has 0 fully saturated rings. The zero-order chi connectivity index (χ0) is 18.3. The topological polar surface area (TPSA) is 35.5 Å². The minimum absolute atomic E-state index is 0.148. The molecule has 0 N–H and O–H groups in total. The van der Waals surface area contributed by atoms with Crippen LogP contribution in [0.1, 0.15) is 44.4 Å². The third-order valence-electron chi connectivity index (χ3n) is 3.86. The van der Waals surface area contributed by atoms with Gasteiger partial charge in [-0.2, -0.15) is 0 Å². The lowest BCUT2D eigenvalue weighted by Gasteiger charge is -2.19. The Morgan fingerprint density at radius 2 is 1.60 bits per heavy atom. The molecule has 0 amide bonds. The minimum Gasteiger partial charge on any atom is -0.429 e. The lowest BCUT2D eigenvalue weighted by atomic mass is 9.86. The Kier molecular flexibility index (Phi) is 6.40. The molecule has 3 nitrogen and oxygen atoms in total. The number of rotatable bonds is 5. The first-order valence-corrected chi connectivity index (χ1v) is 8.47. The number of hydrogen-bond acceptors (Lipinski definition) is 3. The van der Waals surface area contributed by atoms with Crippen molar-refractivity contribution < 1.29 is 14.3 Å². The van der Waals surface area contributed by atoms with Crippen LogP contribution in [0.25, 0.3) is 0 Å². The molecule has 0 radical (unpaired) electrons. The van der Waals surface area contributed by atoms with Gasteiger partial charge >= 0.3 is 6.16 Å². The van der Waals surface area contributed by atoms with Crippen LogP contribution >= 0.6 is 0 Å². The first-order chi connectivity index (χ1) is 11.8. The Morgan fingerprint density at radius 1 is 0.960 bits per heavy atom. The molecule has 2 rings (SSSR count). The number of hydrogen-bond donors (Lipinski definition) is 0. The Bertz CT molecular complexity index is 707. The quantitative estimate of drug-likeness (QED) is 0.512. The van der Waals surface area contributed by atoms with Crippen molar-refractivity contribution in [3.05, 3.63) is 83.1 Å². The monoisotopic (exact) mass is 338 g/mol. The Morgan fingerprint density at radius 3 is 2.20 bits per heavy atom. The van der Waals surface area contributed by atoms with Gasteiger partial charge in [-0.1, -0.05) is 75.4 Å². The smallest absolute Gasteiger partial charge is 0.429 e. The Balaban J connectivity index is 1.81. The van der Waals surface area contributed by atoms with Gasteiger partial charge in [0.2, 0.25) is 0 Å². The summed E-state index contributed by atoms with van der Waals surface area (Å²) in [6.07, 6.45) is 1.51. The van der Waals surface area contributed by atoms with Crippen molar-refractivity contribution in [2.45, 2.75) is 46.1 Å². The highest BCUT2D eigenvalue weighted by Crippen LogP contribution is 2.22. The summed E-state index contributed by atoms with van der Waals surface area (Å²) in [7, 11) is 0. The van der Waals surface area contributed by atoms with Crippen molar-refractivity contribution in [2.24, 2.45) is 0 Å². The van der Waals surface area contributed by atoms with Gasteiger partial charge in [-0.05, 0) is 41.0 Å². The molecule has 0 heterocycles. The van der Waals surface area contributed by atoms with Crippen LogP contribution in [-0.4, -0.2) is 6.16 Å². The predicted molar refractivity (Wildman–Crippen MR) is 100 cm³/mol. The molecular weight excluding hydrogens is 312 g/mol. The van der Waals surface area contributed by atoms with Crippen LogP contribution in [-0.2, 0) is 27.9 Å². The molecular formula is C22H26O3. The Hall–Kier alpha value is -2.55. The van der Waals surface area contributed by atoms with Crippen LogP contribution < -0.4 is 0 Å². The van der Waals surface area contributed by atoms with E-state index in [1.807, 2.05) is 37.3 Å². The van der Waals surface area contributed by atoms with Gasteiger partial charge in [0.15, 0.2) is 0 Å². The number of carbonyl (C=O) groups excluding carboxylic acids is 1. The molecule has 0 saturated heterocycles. The largest absolute Gasteiger partial charge is 0.513 e. The van der Waals surface area contributed by atoms with Gasteiger partial charge in [-0.3, -0.25) is 0 Å². The van der Waals surface area contributed by atoms with E-state index in [2.05, 4.69) is 45.0 Å². The molecule has 0 aliphatic heterocycles. The van der Waals surface area contributed by atoms with Crippen LogP contribution in [0.5, 0.6) is 0 Å². The lowest BCUT2D eigenvalue weighted by molar-refractivity contribution is 0.0781. The van der Waals surface area contributed by atoms with Crippen molar-refractivity contribution in [3.8, 4) is 0 Å². The Labute approximate surface area is 150 Å². The molecule has 0 atom stereocenters. The number of ether oxygens (including phenoxy) is 2. The molecule has 0 unspecified atom stereocenters. The van der Waals surface area contributed by atoms with Crippen LogP contribution in [0.2, 0.25) is 0 Å². The summed E-state index contributed by atoms with van der Waals surface area (Å²) in [4.78, 5) is 11.6. The van der Waals surface area contributed by atoms with E-state index in [4.69, 9.17) is 9.47 Å². The molecule has 0 aliphatic carbocycles. The SMILES string of the molecule is C/C(=C\OC(=O)OCc1ccccc1)Cc1ccc(C(C)(C)C)cc1. The van der Waals surface area contributed by atoms with Gasteiger partial charge in [0.1, 0.15) is 6.61 Å². The third kappa shape index (κ3) is 6.46. The van der Waals surface area contributed by atoms with Gasteiger partial charge < -0.3 is 9.47 Å². The van der Waals surface area contributed by atoms with Crippen molar-refractivity contribution in [2.75, 3.05) is 0 Å². The van der Waals surface area contributed by atoms with Crippen LogP contribution in [0, 0.1) is 0 Å². The summed E-state index contributed by atoms with van der Waals surface area (Å²) in [5.74, 6) is 0. The first-order valence-electron chi connectivity index (χ1n) is 8.47. The molecule has 0 bridgehead atoms. The van der Waals surface area contributed by atoms with Crippen molar-refractivity contribution in [3.63, 3.8) is 0 Å². The number of benzene rings is 2. The van der Waals surface area contributed by atoms with Gasteiger partial charge in [0.25, 0.3) is 0 Å². The molecule has 3 heteroatoms. The average molecular weight is 338 g/mol. The summed E-state index contributed by atoms with van der Waals surface area (Å²) >= 11 is 0. The maximum atomic E-state index is 11.6. The van der Waals surface area contributed by atoms with Crippen LogP contribution in [0.3, 0.4) is 0 Å². The second-order valence-corrected chi connectivity index (χ2v) is 7.23. The maximum Gasteiger partial charge on any atom is 0.513 e. The third-order valence-corrected chi connectivity index (χ3v) is 3.86. The second kappa shape index (κ2) is 8.52. The van der Waals surface area contributed by atoms with E-state index in [9.17, 15) is 4.79 Å². The molecule has 0 saturated carbocycles. The second-order valence-electron chi connectivity index (χ2n) is 7.23. The zero-order valence-corrected chi connectivity index (χ0v) is 15.4. The average Bonchev–Trinajstić information content (AvgIpc) is 2.59. The van der Waals surface area contributed by atoms with Gasteiger partial charge in [-0.15, -0.1) is 0 Å². The molecule has 0 spiro atoms. The molecule has 0 aliphatic rings. The number of carbonyl (C=O) groups is 1. The molecule has 132 valence electrons. The molecule has 0 aromatic heterocycles. The number of allylic oxidation sites excluding steroid dienone is 1. The minimum atomic E-state index is -0.689. The first kappa shape index (κ1) is 18.8. The van der Waals surface area contributed by atoms with Crippen molar-refractivity contribution >= 4 is 6.16 Å². The fourth-order valence-electron chi connectivity index (χ4n) is 2.39. The van der Waals surface area contributed by atoms with Crippen LogP contribution in [0.15, 0.2) is 66.4 Å². The summed E-state index contributed by atoms with van der Waals surface area (Å²) in [6.45, 7) is 8.73. The molecule has 25 heavy (non-hydrogen) atoms. The predicted octanol–water partition coefficient (Wildman–Crippen LogP) is 5.78. The standard InChI is InChI=1S/C22H26O3/c1-17(14-18-10-12-20(13-11-18)22(2,3)4)15-24-21(23)25-16-19-8-6-5-7-9-19/h5-13,15H,14,16H2,1-4H3/b17-15+. The van der Waals surface area contributed by atoms with E-state index in [-0.39, 0.29) is 12.0 Å². The van der Waals surface area contributed by atoms with Gasteiger partial charge in [-0.25, -0.2) is 4.79 Å². The van der Waals surface area contributed by atoms with E-state index in [1.165, 1.54) is 17.4 Å². The normalized spacial score (nSPS) is 11.9. The highest BCUT2D eigenvalue weighted by molar-refractivity contribution is 5.60. The summed E-state index contributed by atoms with van der Waals surface area (Å²) in [5.41, 5.74) is 4.52. The van der Waals surface area contributed by atoms with Crippen molar-refractivity contribution in [1.82, 2.24) is 0 Å². The maximum absolute atomic E-state index is 11.6. The summed E-state index contributed by atoms with van der Waals surface area (Å²) in [6, 6.07) is 18.1. The van der Waals surface area contributed by atoms with E-state index in [1.54, 1.807) is 0 Å². The molecule has 2 aromatic rings. The van der Waals surface area contributed by atoms with E-state index in [0.29, 0.717) is 0 Å². The fourth-order valence-corrected chi connectivity index (χ4v) is 2.39. The zero-order valence-electron chi connectivity index (χ0n) is 15.4. The van der Waals surface area contributed by atoms with E-state index >= 15 is 0 Å². The highest BCUT2D eigenvalue weighted by atomic mass is 16.7. The summed E-state index contributed by atoms with van der Waals surface area (Å²) < 4.78 is 10.1. The van der Waals surface area contributed by atoms with Gasteiger partial charge in [0.05, 0.1) is 6.26 Å². The van der Waals surface area contributed by atoms with E-state index in [0.717, 1.165) is 17.6 Å². The lowest BCUT2D eigenvalue weighted by Crippen LogP contribution is -2.10. The fraction of sp³-hybridized carbons (Fsp3) is 0.318. The summed E-state index contributed by atoms with van der Waals surface area (Å²) in [5, 5.41) is 0. The van der Waals surface area contributed by atoms with E-state index < -0.39 is 6.16 Å². The van der Waals surface area contributed by atoms with Gasteiger partial charge in [0, 0.05) is 0 Å².